The first-order chi connectivity index (χ1) is 11.9. The van der Waals surface area contributed by atoms with E-state index < -0.39 is 11.9 Å². The van der Waals surface area contributed by atoms with Crippen molar-refractivity contribution < 1.29 is 19.2 Å². The van der Waals surface area contributed by atoms with Crippen LogP contribution in [0.3, 0.4) is 0 Å². The first-order valence-corrected chi connectivity index (χ1v) is 9.00. The maximum Gasteiger partial charge on any atom is 0.317 e. The maximum atomic E-state index is 12.5. The Kier molecular flexibility index (Phi) is 5.24. The Morgan fingerprint density at radius 2 is 1.96 bits per heavy atom. The Hall–Kier alpha value is -2.12. The van der Waals surface area contributed by atoms with E-state index in [1.807, 2.05) is 13.8 Å². The van der Waals surface area contributed by atoms with Gasteiger partial charge in [0.05, 0.1) is 5.92 Å². The molecule has 1 aromatic rings. The number of nitrogens with one attached hydrogen (secondary N) is 1. The summed E-state index contributed by atoms with van der Waals surface area (Å²) in [6.07, 6.45) is 4.17. The van der Waals surface area contributed by atoms with Crippen LogP contribution < -0.4 is 5.32 Å². The number of likely N-dealkylation sites (tertiary alicyclic amines) is 1. The van der Waals surface area contributed by atoms with Crippen molar-refractivity contribution in [2.24, 2.45) is 11.8 Å². The van der Waals surface area contributed by atoms with Gasteiger partial charge in [-0.3, -0.25) is 4.79 Å². The molecular formula is C17H26N4O4. The van der Waals surface area contributed by atoms with Gasteiger partial charge in [-0.2, -0.15) is 4.98 Å². The normalized spacial score (nSPS) is 30.1. The molecule has 2 N–H and O–H groups in total. The summed E-state index contributed by atoms with van der Waals surface area (Å²) in [5.74, 6) is 0.526. The van der Waals surface area contributed by atoms with E-state index in [0.717, 1.165) is 25.7 Å². The van der Waals surface area contributed by atoms with Gasteiger partial charge in [-0.15, -0.1) is 0 Å². The number of rotatable bonds is 3. The molecule has 3 rings (SSSR count). The summed E-state index contributed by atoms with van der Waals surface area (Å²) in [6.45, 7) is 4.71. The zero-order valence-electron chi connectivity index (χ0n) is 14.8. The van der Waals surface area contributed by atoms with E-state index in [4.69, 9.17) is 4.52 Å². The lowest BCUT2D eigenvalue weighted by Crippen LogP contribution is -2.52. The van der Waals surface area contributed by atoms with Crippen LogP contribution in [-0.2, 0) is 4.79 Å². The van der Waals surface area contributed by atoms with Gasteiger partial charge in [-0.1, -0.05) is 12.1 Å². The molecule has 1 aliphatic heterocycles. The third-order valence-electron chi connectivity index (χ3n) is 5.24. The van der Waals surface area contributed by atoms with Crippen molar-refractivity contribution >= 4 is 12.0 Å². The zero-order valence-corrected chi connectivity index (χ0v) is 14.8. The van der Waals surface area contributed by atoms with E-state index in [1.54, 1.807) is 4.90 Å². The van der Waals surface area contributed by atoms with Gasteiger partial charge >= 0.3 is 12.0 Å². The predicted octanol–water partition coefficient (Wildman–Crippen LogP) is 2.16. The fraction of sp³-hybridized carbons (Fsp3) is 0.765. The van der Waals surface area contributed by atoms with Crippen LogP contribution in [0.25, 0.3) is 0 Å². The van der Waals surface area contributed by atoms with Crippen LogP contribution in [0.4, 0.5) is 4.79 Å². The van der Waals surface area contributed by atoms with Crippen LogP contribution in [0.5, 0.6) is 0 Å². The summed E-state index contributed by atoms with van der Waals surface area (Å²) in [7, 11) is 0. The Morgan fingerprint density at radius 3 is 2.56 bits per heavy atom. The summed E-state index contributed by atoms with van der Waals surface area (Å²) < 4.78 is 5.25. The number of piperidine rings is 1. The second-order valence-electron chi connectivity index (χ2n) is 7.46. The van der Waals surface area contributed by atoms with Gasteiger partial charge in [0, 0.05) is 25.0 Å². The topological polar surface area (TPSA) is 109 Å². The summed E-state index contributed by atoms with van der Waals surface area (Å²) in [5.41, 5.74) is 0. The zero-order chi connectivity index (χ0) is 18.0. The molecule has 2 amide bonds. The van der Waals surface area contributed by atoms with Gasteiger partial charge < -0.3 is 19.8 Å². The van der Waals surface area contributed by atoms with Gasteiger partial charge in [0.1, 0.15) is 0 Å². The molecule has 1 saturated heterocycles. The van der Waals surface area contributed by atoms with Crippen molar-refractivity contribution in [3.63, 3.8) is 0 Å². The van der Waals surface area contributed by atoms with E-state index in [2.05, 4.69) is 15.5 Å². The highest BCUT2D eigenvalue weighted by Gasteiger charge is 2.33. The van der Waals surface area contributed by atoms with E-state index in [9.17, 15) is 14.7 Å². The average Bonchev–Trinajstić information content (AvgIpc) is 3.01. The lowest BCUT2D eigenvalue weighted by atomic mass is 9.86. The van der Waals surface area contributed by atoms with Crippen molar-refractivity contribution in [3.05, 3.63) is 11.7 Å². The first-order valence-electron chi connectivity index (χ1n) is 9.00. The van der Waals surface area contributed by atoms with E-state index in [1.165, 1.54) is 0 Å². The lowest BCUT2D eigenvalue weighted by Gasteiger charge is -2.36. The van der Waals surface area contributed by atoms with E-state index in [-0.39, 0.29) is 23.9 Å². The smallest absolute Gasteiger partial charge is 0.317 e. The summed E-state index contributed by atoms with van der Waals surface area (Å²) in [6, 6.07) is -0.0248. The van der Waals surface area contributed by atoms with Crippen LogP contribution in [0.1, 0.15) is 56.7 Å². The highest BCUT2D eigenvalue weighted by Crippen LogP contribution is 2.32. The third-order valence-corrected chi connectivity index (χ3v) is 5.24. The number of hydrogen-bond acceptors (Lipinski definition) is 5. The molecule has 25 heavy (non-hydrogen) atoms. The quantitative estimate of drug-likeness (QED) is 0.865. The fourth-order valence-electron chi connectivity index (χ4n) is 3.93. The SMILES string of the molecule is Cc1noc(C2CCC(NC(=O)N3CC(C)CC(C(=O)O)C3)CC2)n1. The molecule has 2 unspecified atom stereocenters. The van der Waals surface area contributed by atoms with Gasteiger partial charge in [0.15, 0.2) is 5.82 Å². The van der Waals surface area contributed by atoms with Gasteiger partial charge in [0.2, 0.25) is 5.89 Å². The van der Waals surface area contributed by atoms with Crippen LogP contribution in [0.2, 0.25) is 0 Å². The van der Waals surface area contributed by atoms with Crippen molar-refractivity contribution in [3.8, 4) is 0 Å². The minimum absolute atomic E-state index is 0.119. The number of aromatic nitrogens is 2. The average molecular weight is 350 g/mol. The number of carbonyl (C=O) groups is 2. The van der Waals surface area contributed by atoms with Crippen LogP contribution >= 0.6 is 0 Å². The molecule has 138 valence electrons. The second kappa shape index (κ2) is 7.41. The molecule has 0 aromatic carbocycles. The molecule has 2 aliphatic rings. The number of hydrogen-bond donors (Lipinski definition) is 2. The highest BCUT2D eigenvalue weighted by atomic mass is 16.5. The Bertz CT molecular complexity index is 624. The Balaban J connectivity index is 1.49. The molecular weight excluding hydrogens is 324 g/mol. The lowest BCUT2D eigenvalue weighted by molar-refractivity contribution is -0.143. The predicted molar refractivity (Wildman–Crippen MR) is 89.0 cm³/mol. The molecule has 2 heterocycles. The van der Waals surface area contributed by atoms with Gasteiger partial charge in [-0.25, -0.2) is 4.79 Å². The molecule has 1 saturated carbocycles. The third kappa shape index (κ3) is 4.29. The summed E-state index contributed by atoms with van der Waals surface area (Å²) >= 11 is 0. The van der Waals surface area contributed by atoms with Crippen molar-refractivity contribution in [2.75, 3.05) is 13.1 Å². The van der Waals surface area contributed by atoms with E-state index in [0.29, 0.717) is 31.2 Å². The Morgan fingerprint density at radius 1 is 1.24 bits per heavy atom. The largest absolute Gasteiger partial charge is 0.481 e. The number of nitrogens with zero attached hydrogens (tertiary/aromatic N) is 3. The number of aryl methyl sites for hydroxylation is 1. The van der Waals surface area contributed by atoms with Crippen molar-refractivity contribution in [2.45, 2.75) is 57.9 Å². The van der Waals surface area contributed by atoms with Crippen LogP contribution in [-0.4, -0.2) is 51.3 Å². The first kappa shape index (κ1) is 17.7. The minimum Gasteiger partial charge on any atom is -0.481 e. The number of carbonyl (C=O) groups excluding carboxylic acids is 1. The monoisotopic (exact) mass is 350 g/mol. The van der Waals surface area contributed by atoms with Crippen LogP contribution in [0.15, 0.2) is 4.52 Å². The van der Waals surface area contributed by atoms with Gasteiger partial charge in [0.25, 0.3) is 0 Å². The Labute approximate surface area is 147 Å². The van der Waals surface area contributed by atoms with E-state index >= 15 is 0 Å². The number of amides is 2. The number of urea groups is 1. The molecule has 8 heteroatoms. The minimum atomic E-state index is -0.820. The number of carboxylic acid groups (broad SMARTS) is 1. The summed E-state index contributed by atoms with van der Waals surface area (Å²) in [4.78, 5) is 29.7. The molecule has 0 radical (unpaired) electrons. The molecule has 2 fully saturated rings. The molecule has 0 spiro atoms. The second-order valence-corrected chi connectivity index (χ2v) is 7.46. The number of aliphatic carboxylic acids is 1. The summed E-state index contributed by atoms with van der Waals surface area (Å²) in [5, 5.41) is 16.1. The van der Waals surface area contributed by atoms with Crippen molar-refractivity contribution in [1.82, 2.24) is 20.4 Å². The number of carboxylic acids is 1. The van der Waals surface area contributed by atoms with Crippen LogP contribution in [0, 0.1) is 18.8 Å². The highest BCUT2D eigenvalue weighted by molar-refractivity contribution is 5.76. The molecule has 0 bridgehead atoms. The molecule has 1 aliphatic carbocycles. The van der Waals surface area contributed by atoms with Crippen molar-refractivity contribution in [1.29, 1.82) is 0 Å². The molecule has 2 atom stereocenters. The standard InChI is InChI=1S/C17H26N4O4/c1-10-7-13(16(22)23)9-21(8-10)17(24)19-14-5-3-12(4-6-14)15-18-11(2)20-25-15/h10,12-14H,3-9H2,1-2H3,(H,19,24)(H,22,23). The van der Waals surface area contributed by atoms with Gasteiger partial charge in [-0.05, 0) is 44.9 Å². The fourth-order valence-corrected chi connectivity index (χ4v) is 3.93. The molecule has 8 nitrogen and oxygen atoms in total. The molecule has 1 aromatic heterocycles. The maximum absolute atomic E-state index is 12.5.